The van der Waals surface area contributed by atoms with Crippen molar-refractivity contribution in [3.8, 4) is 0 Å². The molecule has 0 aliphatic carbocycles. The summed E-state index contributed by atoms with van der Waals surface area (Å²) >= 11 is 0. The Balaban J connectivity index is 3.97. The van der Waals surface area contributed by atoms with E-state index in [9.17, 15) is 19.4 Å². The van der Waals surface area contributed by atoms with Crippen LogP contribution < -0.4 is 5.32 Å². The average molecular weight is 1190 g/mol. The average Bonchev–Trinajstić information content (AvgIpc) is 3.50. The molecule has 0 spiro atoms. The summed E-state index contributed by atoms with van der Waals surface area (Å²) in [5.41, 5.74) is 0. The Hall–Kier alpha value is -1.02. The van der Waals surface area contributed by atoms with Gasteiger partial charge in [0.05, 0.1) is 39.9 Å². The molecule has 0 fully saturated rings. The number of phosphoric ester groups is 1. The van der Waals surface area contributed by atoms with E-state index in [0.29, 0.717) is 23.9 Å². The SMILES string of the molecule is CCCCCCC/C=C\C/C=C\CCCCCCCCCCCCCCCCCCCC(=O)NC(COP(=O)(O)OCC[N+](C)(C)C)C(O)CCCCCCCCCCCCCCCCCCCCCCCCCCCCCCCCCC. The van der Waals surface area contributed by atoms with Gasteiger partial charge in [0.25, 0.3) is 0 Å². The van der Waals surface area contributed by atoms with Crippen LogP contribution in [0.4, 0.5) is 0 Å². The zero-order valence-electron chi connectivity index (χ0n) is 56.7. The van der Waals surface area contributed by atoms with Gasteiger partial charge in [-0.05, 0) is 44.9 Å². The number of amides is 1. The second-order valence-corrected chi connectivity index (χ2v) is 28.5. The van der Waals surface area contributed by atoms with Crippen molar-refractivity contribution in [1.82, 2.24) is 5.32 Å². The van der Waals surface area contributed by atoms with Gasteiger partial charge in [-0.25, -0.2) is 4.57 Å². The van der Waals surface area contributed by atoms with Gasteiger partial charge in [0.15, 0.2) is 0 Å². The molecule has 8 nitrogen and oxygen atoms in total. The summed E-state index contributed by atoms with van der Waals surface area (Å²) in [5, 5.41) is 14.2. The molecule has 0 saturated heterocycles. The van der Waals surface area contributed by atoms with E-state index in [1.807, 2.05) is 21.1 Å². The molecule has 1 amide bonds. The molecule has 0 bridgehead atoms. The predicted octanol–water partition coefficient (Wildman–Crippen LogP) is 23.8. The second-order valence-electron chi connectivity index (χ2n) is 27.0. The third kappa shape index (κ3) is 68.3. The highest BCUT2D eigenvalue weighted by atomic mass is 31.2. The Bertz CT molecular complexity index is 1400. The minimum atomic E-state index is -4.33. The normalized spacial score (nSPS) is 13.7. The molecule has 0 aromatic carbocycles. The highest BCUT2D eigenvalue weighted by Gasteiger charge is 2.28. The molecule has 3 unspecified atom stereocenters. The number of unbranched alkanes of at least 4 members (excludes halogenated alkanes) is 53. The van der Waals surface area contributed by atoms with Gasteiger partial charge in [-0.1, -0.05) is 366 Å². The van der Waals surface area contributed by atoms with Crippen LogP contribution in [0, 0.1) is 0 Å². The molecule has 0 aliphatic heterocycles. The Morgan fingerprint density at radius 3 is 0.988 bits per heavy atom. The van der Waals surface area contributed by atoms with Crippen molar-refractivity contribution in [2.24, 2.45) is 0 Å². The van der Waals surface area contributed by atoms with Gasteiger partial charge in [-0.2, -0.15) is 0 Å². The molecule has 0 heterocycles. The lowest BCUT2D eigenvalue weighted by Gasteiger charge is -2.26. The maximum atomic E-state index is 13.1. The molecule has 3 atom stereocenters. The number of rotatable bonds is 70. The minimum absolute atomic E-state index is 0.0773. The van der Waals surface area contributed by atoms with Crippen LogP contribution in [0.25, 0.3) is 0 Å². The first-order chi connectivity index (χ1) is 40.5. The maximum absolute atomic E-state index is 13.1. The summed E-state index contributed by atoms with van der Waals surface area (Å²) in [6.45, 7) is 4.95. The third-order valence-electron chi connectivity index (χ3n) is 17.5. The Kier molecular flexibility index (Phi) is 64.6. The molecule has 0 radical (unpaired) electrons. The molecule has 0 aliphatic rings. The van der Waals surface area contributed by atoms with Crippen molar-refractivity contribution < 1.29 is 32.9 Å². The van der Waals surface area contributed by atoms with Crippen LogP contribution in [0.15, 0.2) is 24.3 Å². The number of allylic oxidation sites excluding steroid dienone is 4. The van der Waals surface area contributed by atoms with Crippen molar-refractivity contribution in [3.05, 3.63) is 24.3 Å². The van der Waals surface area contributed by atoms with E-state index < -0.39 is 20.0 Å². The lowest BCUT2D eigenvalue weighted by molar-refractivity contribution is -0.870. The van der Waals surface area contributed by atoms with E-state index in [1.165, 1.54) is 321 Å². The summed E-state index contributed by atoms with van der Waals surface area (Å²) in [5.74, 6) is -0.136. The standard InChI is InChI=1S/C74H147N2O6P/c1-6-8-10-12-14-16-18-20-22-24-26-28-30-32-34-36-37-38-40-41-43-45-47-49-51-53-55-57-59-61-63-65-67-73(77)72(71-82-83(79,80)81-70-69-76(3,4)5)75-74(78)68-66-64-62-60-58-56-54-52-50-48-46-44-42-39-35-33-31-29-27-25-23-21-19-17-15-13-11-9-7-2/h19,21,25,27,72-73,77H,6-18,20,22-24,26,28-71H2,1-5H3,(H-,75,78,79,80)/p+1/b21-19-,27-25-. The topological polar surface area (TPSA) is 105 Å². The van der Waals surface area contributed by atoms with Gasteiger partial charge in [0.1, 0.15) is 13.2 Å². The molecule has 0 aromatic heterocycles. The van der Waals surface area contributed by atoms with Gasteiger partial charge < -0.3 is 19.8 Å². The Labute approximate surface area is 519 Å². The summed E-state index contributed by atoms with van der Waals surface area (Å²) in [4.78, 5) is 23.5. The second kappa shape index (κ2) is 65.4. The van der Waals surface area contributed by atoms with Crippen molar-refractivity contribution in [1.29, 1.82) is 0 Å². The number of aliphatic hydroxyl groups excluding tert-OH is 1. The summed E-state index contributed by atoms with van der Waals surface area (Å²) in [6.07, 6.45) is 85.9. The monoisotopic (exact) mass is 1190 g/mol. The molecule has 0 rings (SSSR count). The molecule has 83 heavy (non-hydrogen) atoms. The smallest absolute Gasteiger partial charge is 0.391 e. The number of carbonyl (C=O) groups is 1. The van der Waals surface area contributed by atoms with Gasteiger partial charge in [-0.15, -0.1) is 0 Å². The van der Waals surface area contributed by atoms with Gasteiger partial charge in [0.2, 0.25) is 5.91 Å². The molecule has 9 heteroatoms. The number of carbonyl (C=O) groups excluding carboxylic acids is 1. The lowest BCUT2D eigenvalue weighted by atomic mass is 10.0. The zero-order chi connectivity index (χ0) is 60.5. The fourth-order valence-electron chi connectivity index (χ4n) is 11.7. The number of nitrogens with zero attached hydrogens (tertiary/aromatic N) is 1. The van der Waals surface area contributed by atoms with Crippen LogP contribution in [-0.4, -0.2) is 73.4 Å². The first-order valence-electron chi connectivity index (χ1n) is 37.2. The molecular formula is C74H148N2O6P+. The van der Waals surface area contributed by atoms with Crippen LogP contribution in [0.2, 0.25) is 0 Å². The highest BCUT2D eigenvalue weighted by molar-refractivity contribution is 7.47. The quantitative estimate of drug-likeness (QED) is 0.0243. The largest absolute Gasteiger partial charge is 0.472 e. The fraction of sp³-hybridized carbons (Fsp3) is 0.932. The predicted molar refractivity (Wildman–Crippen MR) is 365 cm³/mol. The third-order valence-corrected chi connectivity index (χ3v) is 18.4. The number of hydrogen-bond acceptors (Lipinski definition) is 5. The number of nitrogens with one attached hydrogen (secondary N) is 1. The van der Waals surface area contributed by atoms with E-state index in [2.05, 4.69) is 43.5 Å². The van der Waals surface area contributed by atoms with Crippen molar-refractivity contribution in [3.63, 3.8) is 0 Å². The van der Waals surface area contributed by atoms with E-state index in [4.69, 9.17) is 9.05 Å². The minimum Gasteiger partial charge on any atom is -0.391 e. The van der Waals surface area contributed by atoms with Gasteiger partial charge in [-0.3, -0.25) is 13.8 Å². The summed E-state index contributed by atoms with van der Waals surface area (Å²) in [6, 6.07) is -0.761. The maximum Gasteiger partial charge on any atom is 0.472 e. The van der Waals surface area contributed by atoms with Crippen LogP contribution >= 0.6 is 7.82 Å². The summed E-state index contributed by atoms with van der Waals surface area (Å²) < 4.78 is 23.9. The Morgan fingerprint density at radius 1 is 0.410 bits per heavy atom. The van der Waals surface area contributed by atoms with E-state index >= 15 is 0 Å². The van der Waals surface area contributed by atoms with E-state index in [0.717, 1.165) is 44.9 Å². The highest BCUT2D eigenvalue weighted by Crippen LogP contribution is 2.43. The van der Waals surface area contributed by atoms with Crippen LogP contribution in [0.5, 0.6) is 0 Å². The summed E-state index contributed by atoms with van der Waals surface area (Å²) in [7, 11) is 1.64. The first-order valence-corrected chi connectivity index (χ1v) is 38.7. The molecular weight excluding hydrogens is 1040 g/mol. The van der Waals surface area contributed by atoms with Gasteiger partial charge >= 0.3 is 7.82 Å². The number of hydrogen-bond donors (Lipinski definition) is 3. The number of quaternary nitrogens is 1. The lowest BCUT2D eigenvalue weighted by Crippen LogP contribution is -2.46. The molecule has 494 valence electrons. The van der Waals surface area contributed by atoms with Crippen LogP contribution in [-0.2, 0) is 18.4 Å². The van der Waals surface area contributed by atoms with Crippen LogP contribution in [0.3, 0.4) is 0 Å². The van der Waals surface area contributed by atoms with Crippen molar-refractivity contribution >= 4 is 13.7 Å². The fourth-order valence-corrected chi connectivity index (χ4v) is 12.4. The Morgan fingerprint density at radius 2 is 0.687 bits per heavy atom. The zero-order valence-corrected chi connectivity index (χ0v) is 57.6. The number of aliphatic hydroxyl groups is 1. The van der Waals surface area contributed by atoms with Crippen molar-refractivity contribution in [2.75, 3.05) is 40.9 Å². The number of phosphoric acid groups is 1. The molecule has 0 aromatic rings. The van der Waals surface area contributed by atoms with Gasteiger partial charge in [0, 0.05) is 6.42 Å². The molecule has 0 saturated carbocycles. The van der Waals surface area contributed by atoms with Crippen LogP contribution in [0.1, 0.15) is 393 Å². The number of likely N-dealkylation sites (N-methyl/N-ethyl adjacent to an activating group) is 1. The van der Waals surface area contributed by atoms with E-state index in [1.54, 1.807) is 0 Å². The first kappa shape index (κ1) is 82.0. The van der Waals surface area contributed by atoms with E-state index in [-0.39, 0.29) is 19.1 Å². The van der Waals surface area contributed by atoms with Crippen molar-refractivity contribution in [2.45, 2.75) is 405 Å². The molecule has 3 N–H and O–H groups in total.